The highest BCUT2D eigenvalue weighted by Gasteiger charge is 2.29. The highest BCUT2D eigenvalue weighted by molar-refractivity contribution is 5.78. The van der Waals surface area contributed by atoms with Crippen LogP contribution in [-0.4, -0.2) is 50.8 Å². The zero-order chi connectivity index (χ0) is 15.1. The van der Waals surface area contributed by atoms with Crippen LogP contribution in [0.1, 0.15) is 18.4 Å². The number of hydrogen-bond acceptors (Lipinski definition) is 4. The zero-order valence-electron chi connectivity index (χ0n) is 12.8. The lowest BCUT2D eigenvalue weighted by Crippen LogP contribution is -2.33. The second-order valence-electron chi connectivity index (χ2n) is 5.30. The van der Waals surface area contributed by atoms with Crippen LogP contribution in [0.25, 0.3) is 0 Å². The van der Waals surface area contributed by atoms with E-state index in [-0.39, 0.29) is 12.5 Å². The predicted octanol–water partition coefficient (Wildman–Crippen LogP) is 1.42. The molecule has 0 spiro atoms. The number of nitrogens with one attached hydrogen (secondary N) is 1. The van der Waals surface area contributed by atoms with E-state index in [1.54, 1.807) is 12.0 Å². The Morgan fingerprint density at radius 1 is 1.38 bits per heavy atom. The summed E-state index contributed by atoms with van der Waals surface area (Å²) in [4.78, 5) is 13.8. The number of likely N-dealkylation sites (N-methyl/N-ethyl adjacent to an activating group) is 1. The van der Waals surface area contributed by atoms with Gasteiger partial charge in [0.15, 0.2) is 6.61 Å². The minimum atomic E-state index is 0.0413. The number of benzene rings is 1. The van der Waals surface area contributed by atoms with Crippen LogP contribution in [0.15, 0.2) is 24.3 Å². The number of para-hydroxylation sites is 1. The van der Waals surface area contributed by atoms with E-state index < -0.39 is 0 Å². The Morgan fingerprint density at radius 2 is 2.14 bits per heavy atom. The molecule has 0 heterocycles. The first kappa shape index (κ1) is 15.8. The van der Waals surface area contributed by atoms with Gasteiger partial charge in [-0.3, -0.25) is 4.79 Å². The highest BCUT2D eigenvalue weighted by Crippen LogP contribution is 2.25. The molecule has 2 rings (SSSR count). The van der Waals surface area contributed by atoms with Gasteiger partial charge in [-0.2, -0.15) is 0 Å². The lowest BCUT2D eigenvalue weighted by Gasteiger charge is -2.17. The van der Waals surface area contributed by atoms with Gasteiger partial charge in [0.2, 0.25) is 0 Å². The number of methoxy groups -OCH3 is 1. The summed E-state index contributed by atoms with van der Waals surface area (Å²) in [5.41, 5.74) is 1.05. The lowest BCUT2D eigenvalue weighted by molar-refractivity contribution is -0.132. The van der Waals surface area contributed by atoms with Crippen molar-refractivity contribution in [3.8, 4) is 5.75 Å². The van der Waals surface area contributed by atoms with Crippen LogP contribution >= 0.6 is 0 Å². The van der Waals surface area contributed by atoms with Crippen LogP contribution < -0.4 is 10.1 Å². The molecule has 0 saturated heterocycles. The van der Waals surface area contributed by atoms with Crippen molar-refractivity contribution in [2.45, 2.75) is 25.4 Å². The molecule has 1 amide bonds. The second kappa shape index (κ2) is 8.00. The van der Waals surface area contributed by atoms with Crippen LogP contribution in [0.4, 0.5) is 0 Å². The maximum Gasteiger partial charge on any atom is 0.260 e. The van der Waals surface area contributed by atoms with Gasteiger partial charge in [0.05, 0.1) is 6.61 Å². The lowest BCUT2D eigenvalue weighted by atomic mass is 10.2. The summed E-state index contributed by atoms with van der Waals surface area (Å²) in [5, 5.41) is 3.28. The van der Waals surface area contributed by atoms with Crippen LogP contribution in [0.5, 0.6) is 5.75 Å². The molecule has 0 aromatic heterocycles. The molecule has 116 valence electrons. The van der Waals surface area contributed by atoms with Gasteiger partial charge in [0, 0.05) is 38.9 Å². The van der Waals surface area contributed by atoms with Crippen molar-refractivity contribution in [2.75, 3.05) is 33.9 Å². The van der Waals surface area contributed by atoms with E-state index in [4.69, 9.17) is 9.47 Å². The fourth-order valence-electron chi connectivity index (χ4n) is 2.09. The molecule has 0 unspecified atom stereocenters. The molecule has 5 nitrogen and oxygen atoms in total. The SMILES string of the molecule is COCCNCc1ccccc1OCC(=O)N(C)C1CC1. The average molecular weight is 292 g/mol. The molecule has 0 atom stereocenters. The number of amides is 1. The standard InChI is InChI=1S/C16H24N2O3/c1-18(14-7-8-14)16(19)12-21-15-6-4-3-5-13(15)11-17-9-10-20-2/h3-6,14,17H,7-12H2,1-2H3. The van der Waals surface area contributed by atoms with Gasteiger partial charge in [-0.05, 0) is 18.9 Å². The quantitative estimate of drug-likeness (QED) is 0.699. The van der Waals surface area contributed by atoms with Crippen molar-refractivity contribution in [1.29, 1.82) is 0 Å². The van der Waals surface area contributed by atoms with Gasteiger partial charge < -0.3 is 19.7 Å². The van der Waals surface area contributed by atoms with Gasteiger partial charge in [-0.15, -0.1) is 0 Å². The summed E-state index contributed by atoms with van der Waals surface area (Å²) < 4.78 is 10.7. The highest BCUT2D eigenvalue weighted by atomic mass is 16.5. The van der Waals surface area contributed by atoms with Crippen LogP contribution in [0, 0.1) is 0 Å². The molecule has 1 N–H and O–H groups in total. The third-order valence-electron chi connectivity index (χ3n) is 3.61. The minimum Gasteiger partial charge on any atom is -0.483 e. The van der Waals surface area contributed by atoms with Gasteiger partial charge >= 0.3 is 0 Å². The number of ether oxygens (including phenoxy) is 2. The van der Waals surface area contributed by atoms with E-state index in [2.05, 4.69) is 5.32 Å². The average Bonchev–Trinajstić information content (AvgIpc) is 3.34. The van der Waals surface area contributed by atoms with Crippen LogP contribution in [0.2, 0.25) is 0 Å². The Labute approximate surface area is 126 Å². The number of carbonyl (C=O) groups excluding carboxylic acids is 1. The van der Waals surface area contributed by atoms with Crippen LogP contribution in [-0.2, 0) is 16.1 Å². The van der Waals surface area contributed by atoms with E-state index in [1.165, 1.54) is 0 Å². The van der Waals surface area contributed by atoms with Gasteiger partial charge in [-0.25, -0.2) is 0 Å². The van der Waals surface area contributed by atoms with E-state index >= 15 is 0 Å². The van der Waals surface area contributed by atoms with E-state index in [0.717, 1.165) is 30.7 Å². The normalized spacial score (nSPS) is 14.0. The molecule has 5 heteroatoms. The van der Waals surface area contributed by atoms with Crippen LogP contribution in [0.3, 0.4) is 0 Å². The first-order valence-electron chi connectivity index (χ1n) is 7.38. The molecular formula is C16H24N2O3. The largest absolute Gasteiger partial charge is 0.483 e. The number of rotatable bonds is 9. The molecule has 1 fully saturated rings. The third-order valence-corrected chi connectivity index (χ3v) is 3.61. The maximum atomic E-state index is 12.0. The summed E-state index contributed by atoms with van der Waals surface area (Å²) in [6.45, 7) is 2.26. The molecule has 1 saturated carbocycles. The zero-order valence-corrected chi connectivity index (χ0v) is 12.8. The van der Waals surface area contributed by atoms with Crippen molar-refractivity contribution >= 4 is 5.91 Å². The van der Waals surface area contributed by atoms with Gasteiger partial charge in [0.25, 0.3) is 5.91 Å². The summed E-state index contributed by atoms with van der Waals surface area (Å²) in [7, 11) is 3.53. The summed E-state index contributed by atoms with van der Waals surface area (Å²) in [6, 6.07) is 8.22. The van der Waals surface area contributed by atoms with Crippen molar-refractivity contribution in [3.63, 3.8) is 0 Å². The van der Waals surface area contributed by atoms with Crippen molar-refractivity contribution in [2.24, 2.45) is 0 Å². The molecular weight excluding hydrogens is 268 g/mol. The van der Waals surface area contributed by atoms with E-state index in [1.807, 2.05) is 31.3 Å². The van der Waals surface area contributed by atoms with Crippen molar-refractivity contribution in [3.05, 3.63) is 29.8 Å². The Balaban J connectivity index is 1.82. The first-order chi connectivity index (χ1) is 10.2. The fourth-order valence-corrected chi connectivity index (χ4v) is 2.09. The number of nitrogens with zero attached hydrogens (tertiary/aromatic N) is 1. The molecule has 1 aromatic carbocycles. The Hall–Kier alpha value is -1.59. The summed E-state index contributed by atoms with van der Waals surface area (Å²) in [5.74, 6) is 0.805. The molecule has 1 aliphatic carbocycles. The molecule has 21 heavy (non-hydrogen) atoms. The molecule has 0 aliphatic heterocycles. The molecule has 1 aliphatic rings. The maximum absolute atomic E-state index is 12.0. The van der Waals surface area contributed by atoms with Gasteiger partial charge in [-0.1, -0.05) is 18.2 Å². The van der Waals surface area contributed by atoms with E-state index in [9.17, 15) is 4.79 Å². The Morgan fingerprint density at radius 3 is 2.86 bits per heavy atom. The minimum absolute atomic E-state index is 0.0413. The van der Waals surface area contributed by atoms with Crippen molar-refractivity contribution in [1.82, 2.24) is 10.2 Å². The third kappa shape index (κ3) is 5.02. The van der Waals surface area contributed by atoms with Crippen molar-refractivity contribution < 1.29 is 14.3 Å². The molecule has 0 bridgehead atoms. The summed E-state index contributed by atoms with van der Waals surface area (Å²) in [6.07, 6.45) is 2.23. The predicted molar refractivity (Wildman–Crippen MR) is 81.3 cm³/mol. The van der Waals surface area contributed by atoms with E-state index in [0.29, 0.717) is 19.2 Å². The number of carbonyl (C=O) groups is 1. The first-order valence-corrected chi connectivity index (χ1v) is 7.38. The molecule has 1 aromatic rings. The van der Waals surface area contributed by atoms with Gasteiger partial charge in [0.1, 0.15) is 5.75 Å². The second-order valence-corrected chi connectivity index (χ2v) is 5.30. The molecule has 0 radical (unpaired) electrons. The number of hydrogen-bond donors (Lipinski definition) is 1. The Bertz CT molecular complexity index is 461. The fraction of sp³-hybridized carbons (Fsp3) is 0.562. The topological polar surface area (TPSA) is 50.8 Å². The Kier molecular flexibility index (Phi) is 6.02. The monoisotopic (exact) mass is 292 g/mol. The smallest absolute Gasteiger partial charge is 0.260 e. The summed E-state index contributed by atoms with van der Waals surface area (Å²) >= 11 is 0.